The first-order valence-corrected chi connectivity index (χ1v) is 8.70. The van der Waals surface area contributed by atoms with Crippen LogP contribution < -0.4 is 5.32 Å². The van der Waals surface area contributed by atoms with Gasteiger partial charge in [-0.05, 0) is 57.5 Å². The van der Waals surface area contributed by atoms with E-state index >= 15 is 0 Å². The first-order chi connectivity index (χ1) is 10.2. The van der Waals surface area contributed by atoms with Crippen LogP contribution >= 0.6 is 15.9 Å². The smallest absolute Gasteiger partial charge is 0.0744 e. The van der Waals surface area contributed by atoms with Crippen LogP contribution in [-0.2, 0) is 11.3 Å². The Morgan fingerprint density at radius 2 is 2.10 bits per heavy atom. The molecule has 0 spiro atoms. The Bertz CT molecular complexity index is 444. The Balaban J connectivity index is 1.99. The van der Waals surface area contributed by atoms with E-state index in [9.17, 15) is 0 Å². The van der Waals surface area contributed by atoms with E-state index in [4.69, 9.17) is 4.74 Å². The summed E-state index contributed by atoms with van der Waals surface area (Å²) in [5.74, 6) is 0.752. The molecule has 1 unspecified atom stereocenters. The third-order valence-electron chi connectivity index (χ3n) is 4.58. The summed E-state index contributed by atoms with van der Waals surface area (Å²) >= 11 is 3.62. The quantitative estimate of drug-likeness (QED) is 0.831. The summed E-state index contributed by atoms with van der Waals surface area (Å²) in [6.45, 7) is 8.83. The molecule has 1 atom stereocenters. The molecule has 1 aliphatic rings. The van der Waals surface area contributed by atoms with Gasteiger partial charge in [-0.3, -0.25) is 0 Å². The van der Waals surface area contributed by atoms with Gasteiger partial charge in [0.25, 0.3) is 0 Å². The second-order valence-electron chi connectivity index (χ2n) is 5.90. The van der Waals surface area contributed by atoms with E-state index in [-0.39, 0.29) is 0 Å². The minimum atomic E-state index is 0.494. The fraction of sp³-hybridized carbons (Fsp3) is 0.647. The molecule has 2 rings (SSSR count). The van der Waals surface area contributed by atoms with Gasteiger partial charge in [-0.1, -0.05) is 28.9 Å². The van der Waals surface area contributed by atoms with E-state index in [0.717, 1.165) is 10.4 Å². The van der Waals surface area contributed by atoms with Gasteiger partial charge in [0.1, 0.15) is 0 Å². The average Bonchev–Trinajstić information content (AvgIpc) is 2.51. The van der Waals surface area contributed by atoms with Crippen LogP contribution in [0, 0.1) is 5.92 Å². The van der Waals surface area contributed by atoms with Crippen LogP contribution in [0.15, 0.2) is 22.7 Å². The minimum Gasteiger partial charge on any atom is -0.382 e. The molecule has 0 aliphatic carbocycles. The topological polar surface area (TPSA) is 24.5 Å². The van der Waals surface area contributed by atoms with E-state index in [1.165, 1.54) is 43.7 Å². The maximum Gasteiger partial charge on any atom is 0.0744 e. The molecule has 0 bridgehead atoms. The predicted octanol–water partition coefficient (Wildman–Crippen LogP) is 4.13. The van der Waals surface area contributed by atoms with Crippen molar-refractivity contribution in [1.29, 1.82) is 0 Å². The molecule has 21 heavy (non-hydrogen) atoms. The highest BCUT2D eigenvalue weighted by Crippen LogP contribution is 2.29. The fourth-order valence-corrected chi connectivity index (χ4v) is 3.60. The maximum atomic E-state index is 5.33. The molecule has 1 aliphatic heterocycles. The van der Waals surface area contributed by atoms with Crippen LogP contribution in [0.25, 0.3) is 0 Å². The van der Waals surface area contributed by atoms with E-state index < -0.39 is 0 Å². The van der Waals surface area contributed by atoms with Crippen molar-refractivity contribution < 1.29 is 4.74 Å². The zero-order chi connectivity index (χ0) is 15.2. The Labute approximate surface area is 137 Å². The first kappa shape index (κ1) is 16.8. The number of ether oxygens (including phenoxy) is 1. The molecule has 0 saturated carbocycles. The lowest BCUT2D eigenvalue weighted by Gasteiger charge is -2.35. The molecule has 0 amide bonds. The van der Waals surface area contributed by atoms with Crippen molar-refractivity contribution in [3.05, 3.63) is 28.2 Å². The third kappa shape index (κ3) is 4.44. The number of hydrogen-bond donors (Lipinski definition) is 1. The van der Waals surface area contributed by atoms with E-state index in [1.54, 1.807) is 7.11 Å². The van der Waals surface area contributed by atoms with Gasteiger partial charge in [0, 0.05) is 28.9 Å². The predicted molar refractivity (Wildman–Crippen MR) is 92.8 cm³/mol. The van der Waals surface area contributed by atoms with Crippen LogP contribution in [0.3, 0.4) is 0 Å². The van der Waals surface area contributed by atoms with Gasteiger partial charge in [0.15, 0.2) is 0 Å². The van der Waals surface area contributed by atoms with Gasteiger partial charge in [-0.15, -0.1) is 0 Å². The second kappa shape index (κ2) is 8.16. The fourth-order valence-electron chi connectivity index (χ4n) is 3.12. The van der Waals surface area contributed by atoms with Crippen molar-refractivity contribution in [3.8, 4) is 0 Å². The van der Waals surface area contributed by atoms with Crippen molar-refractivity contribution >= 4 is 21.6 Å². The number of anilines is 1. The maximum absolute atomic E-state index is 5.33. The summed E-state index contributed by atoms with van der Waals surface area (Å²) in [6.07, 6.45) is 2.57. The number of rotatable bonds is 6. The monoisotopic (exact) mass is 354 g/mol. The number of likely N-dealkylation sites (tertiary alicyclic amines) is 1. The molecule has 1 N–H and O–H groups in total. The van der Waals surface area contributed by atoms with Crippen LogP contribution in [0.4, 0.5) is 5.69 Å². The SMILES string of the molecule is CCN1CCC(C(C)Nc2cccc(Br)c2COC)CC1. The lowest BCUT2D eigenvalue weighted by Crippen LogP contribution is -2.39. The normalized spacial score (nSPS) is 18.7. The van der Waals surface area contributed by atoms with Gasteiger partial charge >= 0.3 is 0 Å². The van der Waals surface area contributed by atoms with Gasteiger partial charge in [-0.25, -0.2) is 0 Å². The lowest BCUT2D eigenvalue weighted by atomic mass is 9.90. The molecule has 3 nitrogen and oxygen atoms in total. The average molecular weight is 355 g/mol. The second-order valence-corrected chi connectivity index (χ2v) is 6.76. The summed E-state index contributed by atoms with van der Waals surface area (Å²) in [7, 11) is 1.74. The molecule has 118 valence electrons. The van der Waals surface area contributed by atoms with Crippen molar-refractivity contribution in [1.82, 2.24) is 4.90 Å². The van der Waals surface area contributed by atoms with Crippen LogP contribution in [0.1, 0.15) is 32.3 Å². The number of halogens is 1. The molecule has 4 heteroatoms. The van der Waals surface area contributed by atoms with Crippen LogP contribution in [0.5, 0.6) is 0 Å². The highest BCUT2D eigenvalue weighted by molar-refractivity contribution is 9.10. The van der Waals surface area contributed by atoms with Crippen molar-refractivity contribution in [3.63, 3.8) is 0 Å². The third-order valence-corrected chi connectivity index (χ3v) is 5.32. The van der Waals surface area contributed by atoms with E-state index in [1.807, 2.05) is 0 Å². The molecule has 1 aromatic carbocycles. The summed E-state index contributed by atoms with van der Waals surface area (Å²) in [5, 5.41) is 3.71. The largest absolute Gasteiger partial charge is 0.382 e. The van der Waals surface area contributed by atoms with Crippen LogP contribution in [-0.4, -0.2) is 37.7 Å². The Morgan fingerprint density at radius 1 is 1.38 bits per heavy atom. The molecule has 0 aromatic heterocycles. The lowest BCUT2D eigenvalue weighted by molar-refractivity contribution is 0.181. The summed E-state index contributed by atoms with van der Waals surface area (Å²) in [5.41, 5.74) is 2.40. The van der Waals surface area contributed by atoms with Gasteiger partial charge in [0.2, 0.25) is 0 Å². The van der Waals surface area contributed by atoms with Gasteiger partial charge < -0.3 is 15.0 Å². The molecule has 1 fully saturated rings. The first-order valence-electron chi connectivity index (χ1n) is 7.91. The summed E-state index contributed by atoms with van der Waals surface area (Å²) in [4.78, 5) is 2.54. The Hall–Kier alpha value is -0.580. The number of hydrogen-bond acceptors (Lipinski definition) is 3. The number of nitrogens with one attached hydrogen (secondary N) is 1. The highest BCUT2D eigenvalue weighted by atomic mass is 79.9. The van der Waals surface area contributed by atoms with Crippen molar-refractivity contribution in [2.45, 2.75) is 39.3 Å². The van der Waals surface area contributed by atoms with Crippen LogP contribution in [0.2, 0.25) is 0 Å². The number of methoxy groups -OCH3 is 1. The molecular weight excluding hydrogens is 328 g/mol. The number of nitrogens with zero attached hydrogens (tertiary/aromatic N) is 1. The zero-order valence-corrected chi connectivity index (χ0v) is 14.9. The van der Waals surface area contributed by atoms with Gasteiger partial charge in [0.05, 0.1) is 6.61 Å². The summed E-state index contributed by atoms with van der Waals surface area (Å²) in [6, 6.07) is 6.80. The Kier molecular flexibility index (Phi) is 6.52. The molecule has 1 heterocycles. The Morgan fingerprint density at radius 3 is 2.71 bits per heavy atom. The zero-order valence-electron chi connectivity index (χ0n) is 13.4. The molecular formula is C17H27BrN2O. The number of benzene rings is 1. The minimum absolute atomic E-state index is 0.494. The number of piperidine rings is 1. The van der Waals surface area contributed by atoms with E-state index in [2.05, 4.69) is 58.2 Å². The molecule has 1 aromatic rings. The standard InChI is InChI=1S/C17H27BrN2O/c1-4-20-10-8-14(9-11-20)13(2)19-17-7-5-6-16(18)15(17)12-21-3/h5-7,13-14,19H,4,8-12H2,1-3H3. The molecule has 1 saturated heterocycles. The van der Waals surface area contributed by atoms with E-state index in [0.29, 0.717) is 12.6 Å². The van der Waals surface area contributed by atoms with Crippen molar-refractivity contribution in [2.24, 2.45) is 5.92 Å². The van der Waals surface area contributed by atoms with Crippen molar-refractivity contribution in [2.75, 3.05) is 32.1 Å². The summed E-state index contributed by atoms with van der Waals surface area (Å²) < 4.78 is 6.44. The molecule has 0 radical (unpaired) electrons. The van der Waals surface area contributed by atoms with Gasteiger partial charge in [-0.2, -0.15) is 0 Å². The highest BCUT2D eigenvalue weighted by Gasteiger charge is 2.23.